The predicted octanol–water partition coefficient (Wildman–Crippen LogP) is 4.73. The number of aromatic carboxylic acids is 1. The molecule has 6 nitrogen and oxygen atoms in total. The van der Waals surface area contributed by atoms with Crippen molar-refractivity contribution in [3.8, 4) is 11.8 Å². The highest BCUT2D eigenvalue weighted by molar-refractivity contribution is 7.15. The van der Waals surface area contributed by atoms with Gasteiger partial charge in [-0.1, -0.05) is 25.7 Å². The molecule has 1 heterocycles. The number of thiophene rings is 1. The maximum Gasteiger partial charge on any atom is 0.348 e. The third-order valence-electron chi connectivity index (χ3n) is 5.71. The zero-order chi connectivity index (χ0) is 24.2. The number of anilines is 1. The highest BCUT2D eigenvalue weighted by Gasteiger charge is 2.34. The summed E-state index contributed by atoms with van der Waals surface area (Å²) in [6, 6.07) is 1.70. The van der Waals surface area contributed by atoms with Gasteiger partial charge < -0.3 is 14.9 Å². The molecule has 1 atom stereocenters. The molecular weight excluding hydrogens is 424 g/mol. The van der Waals surface area contributed by atoms with Crippen molar-refractivity contribution in [1.82, 2.24) is 4.90 Å². The van der Waals surface area contributed by atoms with E-state index >= 15 is 0 Å². The fourth-order valence-electron chi connectivity index (χ4n) is 3.87. The average molecular weight is 461 g/mol. The van der Waals surface area contributed by atoms with E-state index in [-0.39, 0.29) is 34.6 Å². The van der Waals surface area contributed by atoms with Gasteiger partial charge in [-0.05, 0) is 58.4 Å². The first-order chi connectivity index (χ1) is 14.8. The van der Waals surface area contributed by atoms with Gasteiger partial charge in [-0.25, -0.2) is 4.79 Å². The van der Waals surface area contributed by atoms with Crippen LogP contribution in [0.2, 0.25) is 0 Å². The SMILES string of the molecule is CC1CCC(C(=O)N(C[C@@H](C)C(=O)N(C)C)c2cc(C#CC(C)(C)C)sc2C(=O)O)CC1. The van der Waals surface area contributed by atoms with Gasteiger partial charge in [0, 0.05) is 32.0 Å². The maximum absolute atomic E-state index is 13.6. The summed E-state index contributed by atoms with van der Waals surface area (Å²) in [4.78, 5) is 41.9. The zero-order valence-electron chi connectivity index (χ0n) is 20.3. The van der Waals surface area contributed by atoms with Gasteiger partial charge in [0.05, 0.1) is 16.5 Å². The van der Waals surface area contributed by atoms with Gasteiger partial charge in [0.1, 0.15) is 4.88 Å². The second kappa shape index (κ2) is 10.5. The van der Waals surface area contributed by atoms with Crippen LogP contribution in [-0.4, -0.2) is 48.4 Å². The number of hydrogen-bond donors (Lipinski definition) is 1. The molecule has 2 amide bonds. The van der Waals surface area contributed by atoms with Gasteiger partial charge >= 0.3 is 5.97 Å². The molecule has 7 heteroatoms. The molecule has 1 saturated carbocycles. The van der Waals surface area contributed by atoms with Crippen LogP contribution in [0.5, 0.6) is 0 Å². The molecule has 0 saturated heterocycles. The Bertz CT molecular complexity index is 909. The lowest BCUT2D eigenvalue weighted by atomic mass is 9.82. The summed E-state index contributed by atoms with van der Waals surface area (Å²) in [7, 11) is 3.36. The lowest BCUT2D eigenvalue weighted by Crippen LogP contribution is -2.44. The molecule has 176 valence electrons. The molecule has 2 rings (SSSR count). The first-order valence-electron chi connectivity index (χ1n) is 11.2. The number of carboxylic acids is 1. The molecule has 1 aromatic rings. The van der Waals surface area contributed by atoms with Gasteiger partial charge in [-0.2, -0.15) is 0 Å². The normalized spacial score (nSPS) is 19.5. The molecule has 1 aliphatic carbocycles. The van der Waals surface area contributed by atoms with E-state index in [1.54, 1.807) is 27.1 Å². The van der Waals surface area contributed by atoms with Crippen molar-refractivity contribution < 1.29 is 19.5 Å². The Morgan fingerprint density at radius 1 is 1.19 bits per heavy atom. The number of nitrogens with zero attached hydrogens (tertiary/aromatic N) is 2. The summed E-state index contributed by atoms with van der Waals surface area (Å²) in [5.41, 5.74) is 0.122. The van der Waals surface area contributed by atoms with Crippen molar-refractivity contribution >= 4 is 34.8 Å². The smallest absolute Gasteiger partial charge is 0.348 e. The Morgan fingerprint density at radius 2 is 1.78 bits per heavy atom. The maximum atomic E-state index is 13.6. The van der Waals surface area contributed by atoms with E-state index in [1.807, 2.05) is 20.8 Å². The van der Waals surface area contributed by atoms with Gasteiger partial charge in [-0.15, -0.1) is 11.3 Å². The topological polar surface area (TPSA) is 77.9 Å². The van der Waals surface area contributed by atoms with E-state index < -0.39 is 11.9 Å². The molecule has 0 aliphatic heterocycles. The molecule has 0 bridgehead atoms. The van der Waals surface area contributed by atoms with Crippen molar-refractivity contribution in [2.24, 2.45) is 23.2 Å². The summed E-state index contributed by atoms with van der Waals surface area (Å²) in [6.45, 7) is 10.1. The fraction of sp³-hybridized carbons (Fsp3) is 0.640. The second-order valence-corrected chi connectivity index (χ2v) is 11.2. The molecule has 1 fully saturated rings. The van der Waals surface area contributed by atoms with E-state index in [9.17, 15) is 19.5 Å². The molecule has 0 spiro atoms. The number of amides is 2. The Hall–Kier alpha value is -2.33. The van der Waals surface area contributed by atoms with E-state index in [0.717, 1.165) is 37.0 Å². The van der Waals surface area contributed by atoms with E-state index in [0.29, 0.717) is 16.5 Å². The monoisotopic (exact) mass is 460 g/mol. The molecule has 0 unspecified atom stereocenters. The highest BCUT2D eigenvalue weighted by Crippen LogP contribution is 2.35. The number of hydrogen-bond acceptors (Lipinski definition) is 4. The quantitative estimate of drug-likeness (QED) is 0.623. The van der Waals surface area contributed by atoms with Crippen molar-refractivity contribution in [1.29, 1.82) is 0 Å². The van der Waals surface area contributed by atoms with Gasteiger partial charge in [0.25, 0.3) is 0 Å². The third-order valence-corrected chi connectivity index (χ3v) is 6.74. The third kappa shape index (κ3) is 6.83. The van der Waals surface area contributed by atoms with Crippen LogP contribution in [0, 0.1) is 35.0 Å². The van der Waals surface area contributed by atoms with Crippen LogP contribution >= 0.6 is 11.3 Å². The van der Waals surface area contributed by atoms with Gasteiger partial charge in [-0.3, -0.25) is 9.59 Å². The van der Waals surface area contributed by atoms with Crippen LogP contribution in [0.15, 0.2) is 6.07 Å². The summed E-state index contributed by atoms with van der Waals surface area (Å²) in [5, 5.41) is 9.86. The van der Waals surface area contributed by atoms with Gasteiger partial charge in [0.2, 0.25) is 11.8 Å². The van der Waals surface area contributed by atoms with Crippen molar-refractivity contribution in [3.05, 3.63) is 15.8 Å². The fourth-order valence-corrected chi connectivity index (χ4v) is 4.73. The van der Waals surface area contributed by atoms with Crippen LogP contribution in [0.3, 0.4) is 0 Å². The molecule has 1 aliphatic rings. The number of carbonyl (C=O) groups is 3. The number of rotatable bonds is 6. The minimum absolute atomic E-state index is 0.0882. The Kier molecular flexibility index (Phi) is 8.53. The van der Waals surface area contributed by atoms with Crippen LogP contribution < -0.4 is 4.90 Å². The van der Waals surface area contributed by atoms with E-state index in [4.69, 9.17) is 0 Å². The molecule has 1 aromatic heterocycles. The Labute approximate surface area is 196 Å². The number of carboxylic acid groups (broad SMARTS) is 1. The standard InChI is InChI=1S/C25H36N2O4S/c1-16-8-10-18(11-9-16)23(29)27(15-17(2)22(28)26(6)7)20-14-19(12-13-25(3,4)5)32-21(20)24(30)31/h14,16-18H,8-11,15H2,1-7H3,(H,30,31)/t16?,17-,18?/m1/s1. The van der Waals surface area contributed by atoms with Crippen LogP contribution in [0.1, 0.15) is 74.9 Å². The minimum Gasteiger partial charge on any atom is -0.477 e. The van der Waals surface area contributed by atoms with Crippen LogP contribution in [0.25, 0.3) is 0 Å². The van der Waals surface area contributed by atoms with Crippen LogP contribution in [-0.2, 0) is 9.59 Å². The van der Waals surface area contributed by atoms with Gasteiger partial charge in [0.15, 0.2) is 0 Å². The van der Waals surface area contributed by atoms with E-state index in [1.165, 1.54) is 9.80 Å². The first-order valence-corrected chi connectivity index (χ1v) is 12.0. The molecule has 0 radical (unpaired) electrons. The molecular formula is C25H36N2O4S. The lowest BCUT2D eigenvalue weighted by molar-refractivity contribution is -0.132. The summed E-state index contributed by atoms with van der Waals surface area (Å²) in [6.07, 6.45) is 3.54. The molecule has 0 aromatic carbocycles. The van der Waals surface area contributed by atoms with Crippen molar-refractivity contribution in [2.45, 2.75) is 60.3 Å². The minimum atomic E-state index is -1.09. The number of carbonyl (C=O) groups excluding carboxylic acids is 2. The largest absolute Gasteiger partial charge is 0.477 e. The molecule has 32 heavy (non-hydrogen) atoms. The van der Waals surface area contributed by atoms with Crippen molar-refractivity contribution in [2.75, 3.05) is 25.5 Å². The predicted molar refractivity (Wildman–Crippen MR) is 129 cm³/mol. The second-order valence-electron chi connectivity index (χ2n) is 10.2. The highest BCUT2D eigenvalue weighted by atomic mass is 32.1. The van der Waals surface area contributed by atoms with Crippen molar-refractivity contribution in [3.63, 3.8) is 0 Å². The Balaban J connectivity index is 2.48. The van der Waals surface area contributed by atoms with E-state index in [2.05, 4.69) is 18.8 Å². The average Bonchev–Trinajstić information content (AvgIpc) is 3.13. The zero-order valence-corrected chi connectivity index (χ0v) is 21.1. The summed E-state index contributed by atoms with van der Waals surface area (Å²) >= 11 is 1.08. The van der Waals surface area contributed by atoms with Crippen LogP contribution in [0.4, 0.5) is 5.69 Å². The summed E-state index contributed by atoms with van der Waals surface area (Å²) in [5.74, 6) is 4.90. The Morgan fingerprint density at radius 3 is 2.28 bits per heavy atom. The lowest BCUT2D eigenvalue weighted by Gasteiger charge is -2.32. The first kappa shape index (κ1) is 25.9. The molecule has 1 N–H and O–H groups in total. The summed E-state index contributed by atoms with van der Waals surface area (Å²) < 4.78 is 0.